The Kier molecular flexibility index (Phi) is 5.66. The van der Waals surface area contributed by atoms with Gasteiger partial charge in [0, 0.05) is 6.42 Å². The van der Waals surface area contributed by atoms with Crippen LogP contribution >= 0.6 is 0 Å². The fourth-order valence-electron chi connectivity index (χ4n) is 0.891. The number of rotatable bonds is 5. The molecule has 0 aliphatic carbocycles. The number of nitrogens with two attached hydrogens (primary N) is 1. The highest BCUT2D eigenvalue weighted by molar-refractivity contribution is 5.76. The maximum atomic E-state index is 11.1. The Morgan fingerprint density at radius 3 is 2.50 bits per heavy atom. The molecule has 0 rings (SSSR count). The van der Waals surface area contributed by atoms with Crippen molar-refractivity contribution in [1.29, 1.82) is 0 Å². The standard InChI is InChI=1S/C8H18N2O2/c1-6(2)4-8(11)10-7(3)5-12-9/h6-7H,4-5,9H2,1-3H3,(H,10,11). The molecule has 1 atom stereocenters. The Balaban J connectivity index is 3.54. The SMILES string of the molecule is CC(C)CC(=O)NC(C)CON. The molecular formula is C8H18N2O2. The normalized spacial score (nSPS) is 13.1. The van der Waals surface area contributed by atoms with E-state index in [-0.39, 0.29) is 11.9 Å². The van der Waals surface area contributed by atoms with Crippen LogP contribution in [0.2, 0.25) is 0 Å². The minimum Gasteiger partial charge on any atom is -0.351 e. The Hall–Kier alpha value is -0.610. The lowest BCUT2D eigenvalue weighted by Gasteiger charge is -2.12. The maximum absolute atomic E-state index is 11.1. The van der Waals surface area contributed by atoms with Crippen LogP contribution in [0.4, 0.5) is 0 Å². The molecule has 12 heavy (non-hydrogen) atoms. The van der Waals surface area contributed by atoms with E-state index in [1.54, 1.807) is 0 Å². The van der Waals surface area contributed by atoms with Crippen LogP contribution in [0.3, 0.4) is 0 Å². The average molecular weight is 174 g/mol. The third kappa shape index (κ3) is 6.12. The van der Waals surface area contributed by atoms with Gasteiger partial charge in [0.15, 0.2) is 0 Å². The zero-order valence-corrected chi connectivity index (χ0v) is 7.96. The summed E-state index contributed by atoms with van der Waals surface area (Å²) in [7, 11) is 0. The number of hydrogen-bond acceptors (Lipinski definition) is 3. The molecule has 0 aromatic heterocycles. The van der Waals surface area contributed by atoms with E-state index in [2.05, 4.69) is 10.2 Å². The Morgan fingerprint density at radius 1 is 1.50 bits per heavy atom. The molecule has 0 aliphatic heterocycles. The second-order valence-electron chi connectivity index (χ2n) is 3.40. The van der Waals surface area contributed by atoms with E-state index in [1.165, 1.54) is 0 Å². The smallest absolute Gasteiger partial charge is 0.220 e. The predicted molar refractivity (Wildman–Crippen MR) is 47.2 cm³/mol. The molecule has 72 valence electrons. The molecule has 0 aromatic carbocycles. The molecule has 3 N–H and O–H groups in total. The molecule has 0 bridgehead atoms. The first kappa shape index (κ1) is 11.4. The summed E-state index contributed by atoms with van der Waals surface area (Å²) in [6.07, 6.45) is 0.551. The van der Waals surface area contributed by atoms with Gasteiger partial charge in [-0.3, -0.25) is 4.79 Å². The van der Waals surface area contributed by atoms with Gasteiger partial charge in [-0.2, -0.15) is 0 Å². The first-order valence-electron chi connectivity index (χ1n) is 4.17. The summed E-state index contributed by atoms with van der Waals surface area (Å²) in [5.74, 6) is 5.29. The third-order valence-corrected chi connectivity index (χ3v) is 1.35. The Bertz CT molecular complexity index is 137. The van der Waals surface area contributed by atoms with Gasteiger partial charge in [0.2, 0.25) is 5.91 Å². The van der Waals surface area contributed by atoms with Gasteiger partial charge in [0.25, 0.3) is 0 Å². The van der Waals surface area contributed by atoms with Gasteiger partial charge in [-0.15, -0.1) is 0 Å². The second kappa shape index (κ2) is 5.97. The van der Waals surface area contributed by atoms with Crippen LogP contribution in [-0.4, -0.2) is 18.6 Å². The van der Waals surface area contributed by atoms with E-state index < -0.39 is 0 Å². The summed E-state index contributed by atoms with van der Waals surface area (Å²) in [5.41, 5.74) is 0. The molecule has 0 spiro atoms. The zero-order chi connectivity index (χ0) is 9.56. The quantitative estimate of drug-likeness (QED) is 0.594. The monoisotopic (exact) mass is 174 g/mol. The summed E-state index contributed by atoms with van der Waals surface area (Å²) in [4.78, 5) is 15.5. The van der Waals surface area contributed by atoms with Crippen molar-refractivity contribution in [2.45, 2.75) is 33.2 Å². The lowest BCUT2D eigenvalue weighted by molar-refractivity contribution is -0.122. The second-order valence-corrected chi connectivity index (χ2v) is 3.40. The van der Waals surface area contributed by atoms with E-state index in [0.29, 0.717) is 18.9 Å². The lowest BCUT2D eigenvalue weighted by atomic mass is 10.1. The summed E-state index contributed by atoms with van der Waals surface area (Å²) in [6, 6.07) is -0.0127. The van der Waals surface area contributed by atoms with Crippen molar-refractivity contribution in [2.75, 3.05) is 6.61 Å². The van der Waals surface area contributed by atoms with Gasteiger partial charge in [0.1, 0.15) is 0 Å². The van der Waals surface area contributed by atoms with Gasteiger partial charge in [0.05, 0.1) is 12.6 Å². The van der Waals surface area contributed by atoms with Crippen LogP contribution in [-0.2, 0) is 9.63 Å². The van der Waals surface area contributed by atoms with Crippen LogP contribution in [0.1, 0.15) is 27.2 Å². The van der Waals surface area contributed by atoms with Gasteiger partial charge >= 0.3 is 0 Å². The fourth-order valence-corrected chi connectivity index (χ4v) is 0.891. The van der Waals surface area contributed by atoms with Crippen molar-refractivity contribution < 1.29 is 9.63 Å². The molecule has 0 heterocycles. The first-order chi connectivity index (χ1) is 5.56. The van der Waals surface area contributed by atoms with E-state index in [4.69, 9.17) is 5.90 Å². The molecule has 1 amide bonds. The molecule has 0 saturated carbocycles. The largest absolute Gasteiger partial charge is 0.351 e. The summed E-state index contributed by atoms with van der Waals surface area (Å²) in [6.45, 7) is 6.21. The lowest BCUT2D eigenvalue weighted by Crippen LogP contribution is -2.37. The topological polar surface area (TPSA) is 64.3 Å². The van der Waals surface area contributed by atoms with E-state index in [9.17, 15) is 4.79 Å². The van der Waals surface area contributed by atoms with Crippen LogP contribution in [0, 0.1) is 5.92 Å². The molecular weight excluding hydrogens is 156 g/mol. The molecule has 1 unspecified atom stereocenters. The van der Waals surface area contributed by atoms with E-state index in [0.717, 1.165) is 0 Å². The van der Waals surface area contributed by atoms with Crippen molar-refractivity contribution in [2.24, 2.45) is 11.8 Å². The number of amides is 1. The van der Waals surface area contributed by atoms with Crippen LogP contribution in [0.5, 0.6) is 0 Å². The minimum atomic E-state index is -0.0127. The Morgan fingerprint density at radius 2 is 2.08 bits per heavy atom. The molecule has 4 heteroatoms. The number of carbonyl (C=O) groups is 1. The molecule has 0 saturated heterocycles. The summed E-state index contributed by atoms with van der Waals surface area (Å²) >= 11 is 0. The number of carbonyl (C=O) groups excluding carboxylic acids is 1. The highest BCUT2D eigenvalue weighted by Crippen LogP contribution is 1.98. The van der Waals surface area contributed by atoms with E-state index >= 15 is 0 Å². The van der Waals surface area contributed by atoms with Crippen molar-refractivity contribution >= 4 is 5.91 Å². The highest BCUT2D eigenvalue weighted by Gasteiger charge is 2.08. The fraction of sp³-hybridized carbons (Fsp3) is 0.875. The number of nitrogens with one attached hydrogen (secondary N) is 1. The van der Waals surface area contributed by atoms with Crippen LogP contribution in [0.25, 0.3) is 0 Å². The van der Waals surface area contributed by atoms with E-state index in [1.807, 2.05) is 20.8 Å². The molecule has 0 fully saturated rings. The highest BCUT2D eigenvalue weighted by atomic mass is 16.6. The maximum Gasteiger partial charge on any atom is 0.220 e. The predicted octanol–water partition coefficient (Wildman–Crippen LogP) is 0.428. The van der Waals surface area contributed by atoms with Gasteiger partial charge in [-0.05, 0) is 12.8 Å². The Labute approximate surface area is 73.4 Å². The third-order valence-electron chi connectivity index (χ3n) is 1.35. The van der Waals surface area contributed by atoms with Crippen LogP contribution in [0.15, 0.2) is 0 Å². The van der Waals surface area contributed by atoms with Crippen molar-refractivity contribution in [3.63, 3.8) is 0 Å². The molecule has 4 nitrogen and oxygen atoms in total. The minimum absolute atomic E-state index is 0.0127. The van der Waals surface area contributed by atoms with Gasteiger partial charge in [-0.1, -0.05) is 13.8 Å². The number of hydrogen-bond donors (Lipinski definition) is 2. The molecule has 0 aromatic rings. The van der Waals surface area contributed by atoms with Gasteiger partial charge in [-0.25, -0.2) is 5.90 Å². The zero-order valence-electron chi connectivity index (χ0n) is 7.96. The van der Waals surface area contributed by atoms with Crippen molar-refractivity contribution in [3.05, 3.63) is 0 Å². The van der Waals surface area contributed by atoms with Crippen molar-refractivity contribution in [1.82, 2.24) is 5.32 Å². The summed E-state index contributed by atoms with van der Waals surface area (Å²) < 4.78 is 0. The molecule has 0 aliphatic rings. The summed E-state index contributed by atoms with van der Waals surface area (Å²) in [5, 5.41) is 2.77. The first-order valence-corrected chi connectivity index (χ1v) is 4.17. The van der Waals surface area contributed by atoms with Crippen molar-refractivity contribution in [3.8, 4) is 0 Å². The van der Waals surface area contributed by atoms with Gasteiger partial charge < -0.3 is 10.2 Å². The molecule has 0 radical (unpaired) electrons. The van der Waals surface area contributed by atoms with Crippen LogP contribution < -0.4 is 11.2 Å². The average Bonchev–Trinajstić information content (AvgIpc) is 1.84.